The van der Waals surface area contributed by atoms with Crippen molar-refractivity contribution < 1.29 is 19.1 Å². The Kier molecular flexibility index (Phi) is 6.15. The van der Waals surface area contributed by atoms with E-state index in [1.54, 1.807) is 38.9 Å². The minimum absolute atomic E-state index is 0.237. The fourth-order valence-electron chi connectivity index (χ4n) is 2.06. The van der Waals surface area contributed by atoms with Crippen molar-refractivity contribution in [1.29, 1.82) is 0 Å². The Morgan fingerprint density at radius 1 is 1.14 bits per heavy atom. The van der Waals surface area contributed by atoms with Crippen LogP contribution in [0.15, 0.2) is 5.10 Å². The molecular weight excluding hydrogens is 286 g/mol. The Morgan fingerprint density at radius 3 is 2.18 bits per heavy atom. The average molecular weight is 309 g/mol. The number of nitrogens with zero attached hydrogens (tertiary/aromatic N) is 3. The highest BCUT2D eigenvalue weighted by Crippen LogP contribution is 2.24. The zero-order valence-corrected chi connectivity index (χ0v) is 14.0. The highest BCUT2D eigenvalue weighted by atomic mass is 16.5. The van der Waals surface area contributed by atoms with Crippen LogP contribution in [0.2, 0.25) is 0 Å². The molecule has 0 saturated heterocycles. The van der Waals surface area contributed by atoms with Crippen LogP contribution in [-0.2, 0) is 9.47 Å². The molecule has 0 spiro atoms. The number of rotatable bonds is 6. The van der Waals surface area contributed by atoms with Gasteiger partial charge in [-0.25, -0.2) is 14.3 Å². The summed E-state index contributed by atoms with van der Waals surface area (Å²) < 4.78 is 11.5. The smallest absolute Gasteiger partial charge is 0.357 e. The summed E-state index contributed by atoms with van der Waals surface area (Å²) in [5.41, 5.74) is 1.63. The number of aromatic nitrogens is 1. The highest BCUT2D eigenvalue weighted by molar-refractivity contribution is 5.99. The summed E-state index contributed by atoms with van der Waals surface area (Å²) in [5.74, 6) is -0.989. The minimum atomic E-state index is -0.519. The molecule has 0 fully saturated rings. The quantitative estimate of drug-likeness (QED) is 0.455. The van der Waals surface area contributed by atoms with Gasteiger partial charge < -0.3 is 14.4 Å². The molecule has 0 aromatic carbocycles. The van der Waals surface area contributed by atoms with E-state index in [0.29, 0.717) is 16.8 Å². The molecule has 0 saturated carbocycles. The second-order valence-corrected chi connectivity index (χ2v) is 4.88. The first-order valence-corrected chi connectivity index (χ1v) is 7.12. The standard InChI is InChI=1S/C15H23N3O4/c1-7-21-14(19)12-10(3)13(15(20)22-8-2)18(11(12)4)16-9-17(5)6/h9H,7-8H2,1-6H3. The van der Waals surface area contributed by atoms with Gasteiger partial charge in [-0.3, -0.25) is 0 Å². The monoisotopic (exact) mass is 309 g/mol. The predicted molar refractivity (Wildman–Crippen MR) is 83.4 cm³/mol. The molecule has 1 rings (SSSR count). The van der Waals surface area contributed by atoms with Gasteiger partial charge >= 0.3 is 11.9 Å². The highest BCUT2D eigenvalue weighted by Gasteiger charge is 2.28. The van der Waals surface area contributed by atoms with E-state index in [0.717, 1.165) is 0 Å². The topological polar surface area (TPSA) is 73.1 Å². The van der Waals surface area contributed by atoms with Crippen LogP contribution >= 0.6 is 0 Å². The Labute approximate surface area is 130 Å². The summed E-state index contributed by atoms with van der Waals surface area (Å²) in [6, 6.07) is 0. The number of ether oxygens (including phenoxy) is 2. The third kappa shape index (κ3) is 3.66. The Hall–Kier alpha value is -2.31. The lowest BCUT2D eigenvalue weighted by atomic mass is 10.1. The SMILES string of the molecule is CCOC(=O)c1c(C)c(C(=O)OCC)n(N=CN(C)C)c1C. The first-order valence-electron chi connectivity index (χ1n) is 7.12. The molecule has 0 amide bonds. The van der Waals surface area contributed by atoms with Crippen molar-refractivity contribution in [2.24, 2.45) is 5.10 Å². The Balaban J connectivity index is 3.47. The van der Waals surface area contributed by atoms with E-state index >= 15 is 0 Å². The largest absolute Gasteiger partial charge is 0.462 e. The number of hydrogen-bond acceptors (Lipinski definition) is 5. The van der Waals surface area contributed by atoms with Crippen LogP contribution in [-0.4, -0.2) is 55.2 Å². The summed E-state index contributed by atoms with van der Waals surface area (Å²) >= 11 is 0. The van der Waals surface area contributed by atoms with Gasteiger partial charge in [0.2, 0.25) is 0 Å². The molecule has 7 nitrogen and oxygen atoms in total. The van der Waals surface area contributed by atoms with Crippen LogP contribution in [0.1, 0.15) is 46.0 Å². The molecule has 7 heteroatoms. The summed E-state index contributed by atoms with van der Waals surface area (Å²) in [6.45, 7) is 7.37. The second-order valence-electron chi connectivity index (χ2n) is 4.88. The van der Waals surface area contributed by atoms with Crippen LogP contribution in [0.5, 0.6) is 0 Å². The third-order valence-corrected chi connectivity index (χ3v) is 2.97. The van der Waals surface area contributed by atoms with Gasteiger partial charge in [-0.1, -0.05) is 0 Å². The first-order chi connectivity index (χ1) is 10.3. The van der Waals surface area contributed by atoms with Crippen molar-refractivity contribution in [3.63, 3.8) is 0 Å². The summed E-state index contributed by atoms with van der Waals surface area (Å²) in [7, 11) is 3.62. The zero-order valence-electron chi connectivity index (χ0n) is 14.0. The van der Waals surface area contributed by atoms with Crippen LogP contribution in [0.3, 0.4) is 0 Å². The van der Waals surface area contributed by atoms with Gasteiger partial charge in [0, 0.05) is 14.1 Å². The molecule has 1 aromatic rings. The number of carbonyl (C=O) groups is 2. The summed E-state index contributed by atoms with van der Waals surface area (Å²) in [5, 5.41) is 4.24. The number of esters is 2. The molecule has 0 bridgehead atoms. The maximum Gasteiger partial charge on any atom is 0.357 e. The van der Waals surface area contributed by atoms with Gasteiger partial charge in [-0.2, -0.15) is 5.10 Å². The summed E-state index contributed by atoms with van der Waals surface area (Å²) in [4.78, 5) is 26.0. The molecule has 0 N–H and O–H groups in total. The van der Waals surface area contributed by atoms with E-state index in [4.69, 9.17) is 9.47 Å². The molecule has 0 aliphatic heterocycles. The Morgan fingerprint density at radius 2 is 1.68 bits per heavy atom. The van der Waals surface area contributed by atoms with Crippen LogP contribution in [0.4, 0.5) is 0 Å². The van der Waals surface area contributed by atoms with Gasteiger partial charge in [0.15, 0.2) is 5.69 Å². The van der Waals surface area contributed by atoms with E-state index in [1.807, 2.05) is 14.1 Å². The predicted octanol–water partition coefficient (Wildman–Crippen LogP) is 1.81. The van der Waals surface area contributed by atoms with E-state index in [-0.39, 0.29) is 18.9 Å². The molecular formula is C15H23N3O4. The van der Waals surface area contributed by atoms with Crippen LogP contribution in [0, 0.1) is 13.8 Å². The zero-order chi connectivity index (χ0) is 16.9. The molecule has 0 aliphatic carbocycles. The average Bonchev–Trinajstić information content (AvgIpc) is 2.67. The third-order valence-electron chi connectivity index (χ3n) is 2.97. The van der Waals surface area contributed by atoms with Gasteiger partial charge in [0.25, 0.3) is 0 Å². The minimum Gasteiger partial charge on any atom is -0.462 e. The van der Waals surface area contributed by atoms with Crippen molar-refractivity contribution in [3.8, 4) is 0 Å². The molecule has 0 radical (unpaired) electrons. The molecule has 122 valence electrons. The normalized spacial score (nSPS) is 10.8. The molecule has 0 unspecified atom stereocenters. The van der Waals surface area contributed by atoms with Crippen molar-refractivity contribution in [1.82, 2.24) is 9.58 Å². The maximum absolute atomic E-state index is 12.2. The Bertz CT molecular complexity index is 588. The number of hydrogen-bond donors (Lipinski definition) is 0. The van der Waals surface area contributed by atoms with Crippen molar-refractivity contribution in [2.45, 2.75) is 27.7 Å². The molecule has 1 aromatic heterocycles. The van der Waals surface area contributed by atoms with Crippen LogP contribution < -0.4 is 0 Å². The van der Waals surface area contributed by atoms with Gasteiger partial charge in [0.05, 0.1) is 24.5 Å². The fourth-order valence-corrected chi connectivity index (χ4v) is 2.06. The van der Waals surface area contributed by atoms with Crippen LogP contribution in [0.25, 0.3) is 0 Å². The maximum atomic E-state index is 12.2. The van der Waals surface area contributed by atoms with E-state index in [2.05, 4.69) is 5.10 Å². The molecule has 0 aliphatic rings. The first kappa shape index (κ1) is 17.7. The van der Waals surface area contributed by atoms with Gasteiger partial charge in [-0.15, -0.1) is 0 Å². The van der Waals surface area contributed by atoms with Gasteiger partial charge in [0.1, 0.15) is 6.34 Å². The van der Waals surface area contributed by atoms with Crippen molar-refractivity contribution in [2.75, 3.05) is 27.3 Å². The van der Waals surface area contributed by atoms with Crippen molar-refractivity contribution in [3.05, 3.63) is 22.5 Å². The molecule has 0 atom stereocenters. The molecule has 1 heterocycles. The lowest BCUT2D eigenvalue weighted by Crippen LogP contribution is -2.14. The lowest BCUT2D eigenvalue weighted by molar-refractivity contribution is 0.0512. The molecule has 22 heavy (non-hydrogen) atoms. The second kappa shape index (κ2) is 7.63. The van der Waals surface area contributed by atoms with Crippen molar-refractivity contribution >= 4 is 18.3 Å². The van der Waals surface area contributed by atoms with E-state index in [1.165, 1.54) is 4.68 Å². The lowest BCUT2D eigenvalue weighted by Gasteiger charge is -2.08. The van der Waals surface area contributed by atoms with E-state index in [9.17, 15) is 9.59 Å². The van der Waals surface area contributed by atoms with E-state index < -0.39 is 11.9 Å². The summed E-state index contributed by atoms with van der Waals surface area (Å²) in [6.07, 6.45) is 1.55. The fraction of sp³-hybridized carbons (Fsp3) is 0.533. The van der Waals surface area contributed by atoms with Gasteiger partial charge in [-0.05, 0) is 33.3 Å². The number of carbonyl (C=O) groups excluding carboxylic acids is 2.